The number of nitrogens with zero attached hydrogens (tertiary/aromatic N) is 1. The Balaban J connectivity index is 1.50. The van der Waals surface area contributed by atoms with Crippen molar-refractivity contribution in [1.29, 1.82) is 0 Å². The number of rotatable bonds is 3. The number of benzene rings is 1. The lowest BCUT2D eigenvalue weighted by Crippen LogP contribution is -2.50. The molecule has 2 fully saturated rings. The maximum absolute atomic E-state index is 11.8. The third-order valence-electron chi connectivity index (χ3n) is 7.45. The molecule has 3 aliphatic rings. The molecule has 1 aromatic carbocycles. The van der Waals surface area contributed by atoms with Gasteiger partial charge in [-0.05, 0) is 55.7 Å². The summed E-state index contributed by atoms with van der Waals surface area (Å²) in [6, 6.07) is 9.24. The van der Waals surface area contributed by atoms with Crippen LogP contribution in [0.3, 0.4) is 0 Å². The van der Waals surface area contributed by atoms with Crippen molar-refractivity contribution in [3.05, 3.63) is 41.5 Å². The summed E-state index contributed by atoms with van der Waals surface area (Å²) in [7, 11) is 0. The molecule has 4 atom stereocenters. The molecular weight excluding hydrogens is 310 g/mol. The Kier molecular flexibility index (Phi) is 4.03. The zero-order valence-corrected chi connectivity index (χ0v) is 15.4. The smallest absolute Gasteiger partial charge is 0.309 e. The highest BCUT2D eigenvalue weighted by Crippen LogP contribution is 2.49. The number of carbonyl (C=O) groups is 1. The standard InChI is InChI=1S/C22H29NO2/c1-3-21(20(24)25)10-9-18(14-21)23-13-12-22(16(2)15-23)11-8-17-6-4-5-7-19(17)22/h4-8,11,16,18H,3,9-10,12-15H2,1-2H3,(H,24,25)/t16-,18?,21?,22-/m0/s1. The topological polar surface area (TPSA) is 40.5 Å². The highest BCUT2D eigenvalue weighted by molar-refractivity contribution is 5.75. The average molecular weight is 339 g/mol. The Morgan fingerprint density at radius 3 is 2.80 bits per heavy atom. The van der Waals surface area contributed by atoms with Gasteiger partial charge in [0.05, 0.1) is 5.41 Å². The van der Waals surface area contributed by atoms with Crippen LogP contribution in [0.5, 0.6) is 0 Å². The minimum atomic E-state index is -0.591. The summed E-state index contributed by atoms with van der Waals surface area (Å²) in [5, 5.41) is 9.68. The Bertz CT molecular complexity index is 712. The van der Waals surface area contributed by atoms with E-state index in [-0.39, 0.29) is 5.41 Å². The van der Waals surface area contributed by atoms with Gasteiger partial charge >= 0.3 is 5.97 Å². The SMILES string of the molecule is CCC1(C(=O)O)CCC(N2CC[C@@]3(C=Cc4ccccc43)[C@@H](C)C2)C1. The van der Waals surface area contributed by atoms with Crippen molar-refractivity contribution in [3.8, 4) is 0 Å². The quantitative estimate of drug-likeness (QED) is 0.891. The third-order valence-corrected chi connectivity index (χ3v) is 7.45. The Morgan fingerprint density at radius 2 is 2.12 bits per heavy atom. The van der Waals surface area contributed by atoms with Crippen molar-refractivity contribution >= 4 is 12.0 Å². The van der Waals surface area contributed by atoms with Gasteiger partial charge < -0.3 is 5.11 Å². The lowest BCUT2D eigenvalue weighted by atomic mass is 9.67. The van der Waals surface area contributed by atoms with Gasteiger partial charge in [0.1, 0.15) is 0 Å². The van der Waals surface area contributed by atoms with Crippen molar-refractivity contribution in [2.75, 3.05) is 13.1 Å². The fourth-order valence-corrected chi connectivity index (χ4v) is 5.63. The molecule has 1 aliphatic heterocycles. The van der Waals surface area contributed by atoms with Crippen LogP contribution in [-0.4, -0.2) is 35.1 Å². The number of hydrogen-bond acceptors (Lipinski definition) is 2. The molecule has 0 aromatic heterocycles. The highest BCUT2D eigenvalue weighted by Gasteiger charge is 2.49. The summed E-state index contributed by atoms with van der Waals surface area (Å²) in [6.45, 7) is 6.55. The lowest BCUT2D eigenvalue weighted by molar-refractivity contribution is -0.149. The molecular formula is C22H29NO2. The van der Waals surface area contributed by atoms with Crippen molar-refractivity contribution < 1.29 is 9.90 Å². The zero-order chi connectivity index (χ0) is 17.7. The number of carboxylic acid groups (broad SMARTS) is 1. The van der Waals surface area contributed by atoms with Crippen LogP contribution in [-0.2, 0) is 10.2 Å². The summed E-state index contributed by atoms with van der Waals surface area (Å²) in [6.07, 6.45) is 9.32. The molecule has 1 spiro atoms. The van der Waals surface area contributed by atoms with Crippen LogP contribution in [0.1, 0.15) is 57.1 Å². The van der Waals surface area contributed by atoms with E-state index in [4.69, 9.17) is 0 Å². The van der Waals surface area contributed by atoms with Gasteiger partial charge in [-0.2, -0.15) is 0 Å². The largest absolute Gasteiger partial charge is 0.481 e. The minimum absolute atomic E-state index is 0.181. The molecule has 1 heterocycles. The van der Waals surface area contributed by atoms with Gasteiger partial charge in [0.2, 0.25) is 0 Å². The Labute approximate surface area is 150 Å². The second-order valence-corrected chi connectivity index (χ2v) is 8.44. The van der Waals surface area contributed by atoms with Gasteiger partial charge in [0.15, 0.2) is 0 Å². The predicted octanol–water partition coefficient (Wildman–Crippen LogP) is 4.33. The first kappa shape index (κ1) is 16.8. The van der Waals surface area contributed by atoms with Crippen LogP contribution in [0, 0.1) is 11.3 Å². The van der Waals surface area contributed by atoms with E-state index >= 15 is 0 Å². The molecule has 0 radical (unpaired) electrons. The normalized spacial score (nSPS) is 37.5. The molecule has 3 nitrogen and oxygen atoms in total. The van der Waals surface area contributed by atoms with E-state index in [1.807, 2.05) is 6.92 Å². The molecule has 25 heavy (non-hydrogen) atoms. The molecule has 0 bridgehead atoms. The molecule has 1 saturated heterocycles. The second kappa shape index (κ2) is 5.98. The molecule has 4 rings (SSSR count). The molecule has 1 saturated carbocycles. The third kappa shape index (κ3) is 2.47. The van der Waals surface area contributed by atoms with Crippen LogP contribution in [0.4, 0.5) is 0 Å². The number of piperidine rings is 1. The van der Waals surface area contributed by atoms with E-state index in [0.29, 0.717) is 12.0 Å². The summed E-state index contributed by atoms with van der Waals surface area (Å²) >= 11 is 0. The average Bonchev–Trinajstić information content (AvgIpc) is 3.22. The van der Waals surface area contributed by atoms with E-state index in [1.54, 1.807) is 0 Å². The maximum Gasteiger partial charge on any atom is 0.309 e. The van der Waals surface area contributed by atoms with Gasteiger partial charge in [-0.1, -0.05) is 50.3 Å². The van der Waals surface area contributed by atoms with Crippen LogP contribution in [0.15, 0.2) is 30.3 Å². The number of aliphatic carboxylic acids is 1. The number of carboxylic acids is 1. The van der Waals surface area contributed by atoms with Gasteiger partial charge in [-0.25, -0.2) is 0 Å². The van der Waals surface area contributed by atoms with Gasteiger partial charge in [0, 0.05) is 18.0 Å². The van der Waals surface area contributed by atoms with E-state index in [9.17, 15) is 9.90 Å². The van der Waals surface area contributed by atoms with Crippen LogP contribution in [0.25, 0.3) is 6.08 Å². The monoisotopic (exact) mass is 339 g/mol. The van der Waals surface area contributed by atoms with Crippen LogP contribution < -0.4 is 0 Å². The predicted molar refractivity (Wildman–Crippen MR) is 101 cm³/mol. The number of fused-ring (bicyclic) bond motifs is 2. The van der Waals surface area contributed by atoms with E-state index < -0.39 is 11.4 Å². The van der Waals surface area contributed by atoms with E-state index in [1.165, 1.54) is 11.1 Å². The summed E-state index contributed by atoms with van der Waals surface area (Å²) < 4.78 is 0. The number of allylic oxidation sites excluding steroid dienone is 1. The number of hydrogen-bond donors (Lipinski definition) is 1. The lowest BCUT2D eigenvalue weighted by Gasteiger charge is -2.46. The highest BCUT2D eigenvalue weighted by atomic mass is 16.4. The molecule has 0 amide bonds. The van der Waals surface area contributed by atoms with Crippen molar-refractivity contribution in [2.24, 2.45) is 11.3 Å². The second-order valence-electron chi connectivity index (χ2n) is 8.44. The fraction of sp³-hybridized carbons (Fsp3) is 0.591. The zero-order valence-electron chi connectivity index (χ0n) is 15.4. The molecule has 3 heteroatoms. The molecule has 2 aliphatic carbocycles. The van der Waals surface area contributed by atoms with Crippen molar-refractivity contribution in [2.45, 2.75) is 57.4 Å². The van der Waals surface area contributed by atoms with Crippen molar-refractivity contribution in [3.63, 3.8) is 0 Å². The Morgan fingerprint density at radius 1 is 1.32 bits per heavy atom. The van der Waals surface area contributed by atoms with Gasteiger partial charge in [-0.3, -0.25) is 9.69 Å². The van der Waals surface area contributed by atoms with Crippen molar-refractivity contribution in [1.82, 2.24) is 4.90 Å². The van der Waals surface area contributed by atoms with Gasteiger partial charge in [-0.15, -0.1) is 0 Å². The van der Waals surface area contributed by atoms with Gasteiger partial charge in [0.25, 0.3) is 0 Å². The van der Waals surface area contributed by atoms with E-state index in [0.717, 1.165) is 45.2 Å². The van der Waals surface area contributed by atoms with Crippen LogP contribution in [0.2, 0.25) is 0 Å². The fourth-order valence-electron chi connectivity index (χ4n) is 5.63. The molecule has 1 N–H and O–H groups in total. The van der Waals surface area contributed by atoms with E-state index in [2.05, 4.69) is 48.2 Å². The first-order chi connectivity index (χ1) is 12.0. The van der Waals surface area contributed by atoms with Crippen LogP contribution >= 0.6 is 0 Å². The molecule has 134 valence electrons. The number of likely N-dealkylation sites (tertiary alicyclic amines) is 1. The Hall–Kier alpha value is -1.61. The molecule has 2 unspecified atom stereocenters. The molecule has 1 aromatic rings. The minimum Gasteiger partial charge on any atom is -0.481 e. The first-order valence-corrected chi connectivity index (χ1v) is 9.77. The maximum atomic E-state index is 11.8. The summed E-state index contributed by atoms with van der Waals surface area (Å²) in [4.78, 5) is 14.3. The summed E-state index contributed by atoms with van der Waals surface area (Å²) in [5.74, 6) is -0.0331. The first-order valence-electron chi connectivity index (χ1n) is 9.77. The summed E-state index contributed by atoms with van der Waals surface area (Å²) in [5.41, 5.74) is 2.56.